The van der Waals surface area contributed by atoms with Crippen molar-refractivity contribution in [2.75, 3.05) is 18.5 Å². The van der Waals surface area contributed by atoms with Crippen molar-refractivity contribution < 1.29 is 9.84 Å². The Morgan fingerprint density at radius 3 is 2.35 bits per heavy atom. The quantitative estimate of drug-likeness (QED) is 0.738. The lowest BCUT2D eigenvalue weighted by Gasteiger charge is -2.15. The van der Waals surface area contributed by atoms with Crippen molar-refractivity contribution in [2.45, 2.75) is 25.9 Å². The Balaban J connectivity index is 1.78. The molecule has 0 aliphatic rings. The number of rotatable bonds is 7. The highest BCUT2D eigenvalue weighted by atomic mass is 35.5. The third-order valence-electron chi connectivity index (χ3n) is 3.45. The van der Waals surface area contributed by atoms with Gasteiger partial charge in [0.1, 0.15) is 18.5 Å². The molecule has 2 aromatic carbocycles. The number of hydrogen-bond donors (Lipinski definition) is 2. The molecular formula is C18H21Cl2NO2. The van der Waals surface area contributed by atoms with Gasteiger partial charge in [0.25, 0.3) is 0 Å². The molecule has 124 valence electrons. The third-order valence-corrected chi connectivity index (χ3v) is 4.19. The number of aliphatic hydroxyl groups is 1. The predicted molar refractivity (Wildman–Crippen MR) is 97.0 cm³/mol. The third kappa shape index (κ3) is 5.61. The topological polar surface area (TPSA) is 41.5 Å². The second-order valence-electron chi connectivity index (χ2n) is 5.70. The highest BCUT2D eigenvalue weighted by molar-refractivity contribution is 6.42. The van der Waals surface area contributed by atoms with Crippen molar-refractivity contribution in [1.82, 2.24) is 0 Å². The van der Waals surface area contributed by atoms with Gasteiger partial charge in [0.15, 0.2) is 0 Å². The van der Waals surface area contributed by atoms with E-state index >= 15 is 0 Å². The number of aliphatic hydroxyl groups excluding tert-OH is 1. The molecular weight excluding hydrogens is 333 g/mol. The molecule has 0 spiro atoms. The first kappa shape index (κ1) is 17.9. The minimum absolute atomic E-state index is 0.176. The van der Waals surface area contributed by atoms with Crippen LogP contribution in [-0.4, -0.2) is 24.4 Å². The fourth-order valence-electron chi connectivity index (χ4n) is 2.04. The molecule has 2 rings (SSSR count). The van der Waals surface area contributed by atoms with Crippen LogP contribution in [0.4, 0.5) is 5.69 Å². The highest BCUT2D eigenvalue weighted by Crippen LogP contribution is 2.26. The summed E-state index contributed by atoms with van der Waals surface area (Å²) in [5.74, 6) is 1.09. The van der Waals surface area contributed by atoms with E-state index in [1.807, 2.05) is 12.1 Å². The summed E-state index contributed by atoms with van der Waals surface area (Å²) in [5.41, 5.74) is 2.27. The summed E-state index contributed by atoms with van der Waals surface area (Å²) in [6.45, 7) is 4.90. The summed E-state index contributed by atoms with van der Waals surface area (Å²) in [6, 6.07) is 13.2. The van der Waals surface area contributed by atoms with Crippen LogP contribution in [-0.2, 0) is 0 Å². The fraction of sp³-hybridized carbons (Fsp3) is 0.333. The van der Waals surface area contributed by atoms with Crippen LogP contribution in [0.25, 0.3) is 0 Å². The lowest BCUT2D eigenvalue weighted by molar-refractivity contribution is 0.117. The molecule has 0 amide bonds. The fourth-order valence-corrected chi connectivity index (χ4v) is 2.33. The Morgan fingerprint density at radius 1 is 1.04 bits per heavy atom. The van der Waals surface area contributed by atoms with E-state index in [1.54, 1.807) is 18.2 Å². The normalized spacial score (nSPS) is 12.3. The lowest BCUT2D eigenvalue weighted by atomic mass is 10.0. The molecule has 2 N–H and O–H groups in total. The summed E-state index contributed by atoms with van der Waals surface area (Å²) in [5, 5.41) is 14.1. The van der Waals surface area contributed by atoms with Gasteiger partial charge in [0, 0.05) is 18.3 Å². The van der Waals surface area contributed by atoms with Crippen LogP contribution in [0.3, 0.4) is 0 Å². The molecule has 0 aliphatic carbocycles. The Labute approximate surface area is 147 Å². The van der Waals surface area contributed by atoms with Crippen LogP contribution in [0.15, 0.2) is 42.5 Å². The van der Waals surface area contributed by atoms with Crippen LogP contribution in [0.5, 0.6) is 5.75 Å². The van der Waals surface area contributed by atoms with E-state index in [1.165, 1.54) is 5.56 Å². The van der Waals surface area contributed by atoms with E-state index < -0.39 is 6.10 Å². The average Bonchev–Trinajstić information content (AvgIpc) is 2.54. The van der Waals surface area contributed by atoms with Crippen LogP contribution < -0.4 is 10.1 Å². The monoisotopic (exact) mass is 353 g/mol. The molecule has 0 aliphatic heterocycles. The van der Waals surface area contributed by atoms with E-state index in [0.29, 0.717) is 28.3 Å². The van der Waals surface area contributed by atoms with Gasteiger partial charge in [-0.25, -0.2) is 0 Å². The van der Waals surface area contributed by atoms with Gasteiger partial charge in [-0.15, -0.1) is 0 Å². The van der Waals surface area contributed by atoms with Crippen molar-refractivity contribution in [3.8, 4) is 5.75 Å². The zero-order chi connectivity index (χ0) is 16.8. The molecule has 5 heteroatoms. The number of anilines is 1. The molecule has 1 atom stereocenters. The van der Waals surface area contributed by atoms with Gasteiger partial charge in [-0.2, -0.15) is 0 Å². The first-order chi connectivity index (χ1) is 11.0. The molecule has 0 saturated carbocycles. The van der Waals surface area contributed by atoms with E-state index in [0.717, 1.165) is 5.69 Å². The van der Waals surface area contributed by atoms with Crippen molar-refractivity contribution in [1.29, 1.82) is 0 Å². The first-order valence-corrected chi connectivity index (χ1v) is 8.31. The van der Waals surface area contributed by atoms with Gasteiger partial charge in [-0.3, -0.25) is 0 Å². The maximum absolute atomic E-state index is 9.99. The van der Waals surface area contributed by atoms with Gasteiger partial charge in [-0.1, -0.05) is 49.2 Å². The van der Waals surface area contributed by atoms with Crippen molar-refractivity contribution in [3.05, 3.63) is 58.1 Å². The van der Waals surface area contributed by atoms with E-state index in [2.05, 4.69) is 31.3 Å². The Morgan fingerprint density at radius 2 is 1.74 bits per heavy atom. The van der Waals surface area contributed by atoms with E-state index in [9.17, 15) is 5.11 Å². The maximum atomic E-state index is 9.99. The molecule has 0 fully saturated rings. The van der Waals surface area contributed by atoms with Gasteiger partial charge < -0.3 is 15.2 Å². The van der Waals surface area contributed by atoms with Gasteiger partial charge >= 0.3 is 0 Å². The SMILES string of the molecule is CC(C)c1ccc(NCC(O)COc2ccc(Cl)c(Cl)c2)cc1. The molecule has 0 bridgehead atoms. The van der Waals surface area contributed by atoms with Crippen molar-refractivity contribution in [2.24, 2.45) is 0 Å². The number of benzene rings is 2. The van der Waals surface area contributed by atoms with E-state index in [4.69, 9.17) is 27.9 Å². The minimum atomic E-state index is -0.630. The second kappa shape index (κ2) is 8.44. The Kier molecular flexibility index (Phi) is 6.58. The molecule has 1 unspecified atom stereocenters. The standard InChI is InChI=1S/C18H21Cl2NO2/c1-12(2)13-3-5-14(6-4-13)21-10-15(22)11-23-16-7-8-17(19)18(20)9-16/h3-9,12,15,21-22H,10-11H2,1-2H3. The zero-order valence-corrected chi connectivity index (χ0v) is 14.7. The molecule has 2 aromatic rings. The summed E-state index contributed by atoms with van der Waals surface area (Å²) < 4.78 is 5.51. The predicted octanol–water partition coefficient (Wildman–Crippen LogP) is 4.97. The highest BCUT2D eigenvalue weighted by Gasteiger charge is 2.07. The van der Waals surface area contributed by atoms with Crippen LogP contribution >= 0.6 is 23.2 Å². The van der Waals surface area contributed by atoms with Crippen molar-refractivity contribution >= 4 is 28.9 Å². The smallest absolute Gasteiger partial charge is 0.121 e. The lowest BCUT2D eigenvalue weighted by Crippen LogP contribution is -2.26. The van der Waals surface area contributed by atoms with Crippen LogP contribution in [0, 0.1) is 0 Å². The average molecular weight is 354 g/mol. The number of nitrogens with one attached hydrogen (secondary N) is 1. The number of halogens is 2. The molecule has 3 nitrogen and oxygen atoms in total. The molecule has 0 radical (unpaired) electrons. The largest absolute Gasteiger partial charge is 0.491 e. The van der Waals surface area contributed by atoms with Gasteiger partial charge in [0.2, 0.25) is 0 Å². The van der Waals surface area contributed by atoms with Crippen LogP contribution in [0.1, 0.15) is 25.3 Å². The maximum Gasteiger partial charge on any atom is 0.121 e. The molecule has 0 aromatic heterocycles. The van der Waals surface area contributed by atoms with Crippen LogP contribution in [0.2, 0.25) is 10.0 Å². The zero-order valence-electron chi connectivity index (χ0n) is 13.2. The molecule has 23 heavy (non-hydrogen) atoms. The van der Waals surface area contributed by atoms with Gasteiger partial charge in [-0.05, 0) is 35.7 Å². The first-order valence-electron chi connectivity index (χ1n) is 7.55. The van der Waals surface area contributed by atoms with Gasteiger partial charge in [0.05, 0.1) is 10.0 Å². The molecule has 0 heterocycles. The number of hydrogen-bond acceptors (Lipinski definition) is 3. The molecule has 0 saturated heterocycles. The van der Waals surface area contributed by atoms with E-state index in [-0.39, 0.29) is 6.61 Å². The summed E-state index contributed by atoms with van der Waals surface area (Å²) >= 11 is 11.8. The summed E-state index contributed by atoms with van der Waals surface area (Å²) in [6.07, 6.45) is -0.630. The minimum Gasteiger partial charge on any atom is -0.491 e. The summed E-state index contributed by atoms with van der Waals surface area (Å²) in [7, 11) is 0. The number of ether oxygens (including phenoxy) is 1. The summed E-state index contributed by atoms with van der Waals surface area (Å²) in [4.78, 5) is 0. The second-order valence-corrected chi connectivity index (χ2v) is 6.51. The van der Waals surface area contributed by atoms with Crippen molar-refractivity contribution in [3.63, 3.8) is 0 Å². The Hall–Kier alpha value is -1.42. The Bertz CT molecular complexity index is 629.